The fourth-order valence-electron chi connectivity index (χ4n) is 1.74. The average molecular weight is 326 g/mol. The number of nitro groups is 1. The summed E-state index contributed by atoms with van der Waals surface area (Å²) in [5.74, 6) is 0. The highest BCUT2D eigenvalue weighted by Gasteiger charge is 2.09. The normalized spacial score (nSPS) is 11.5. The molecule has 8 heteroatoms. The molecule has 0 saturated carbocycles. The van der Waals surface area contributed by atoms with Crippen LogP contribution in [-0.4, -0.2) is 19.6 Å². The van der Waals surface area contributed by atoms with Crippen molar-refractivity contribution in [2.75, 3.05) is 6.26 Å². The van der Waals surface area contributed by atoms with Gasteiger partial charge in [-0.25, -0.2) is 8.42 Å². The second-order valence-electron chi connectivity index (χ2n) is 4.52. The van der Waals surface area contributed by atoms with Crippen molar-refractivity contribution in [2.45, 2.75) is 18.0 Å². The second kappa shape index (κ2) is 6.33. The number of nitrogens with zero attached hydrogens (tertiary/aromatic N) is 1. The Morgan fingerprint density at radius 1 is 1.14 bits per heavy atom. The van der Waals surface area contributed by atoms with Gasteiger partial charge >= 0.3 is 5.00 Å². The first-order chi connectivity index (χ1) is 9.86. The lowest BCUT2D eigenvalue weighted by molar-refractivity contribution is -0.380. The summed E-state index contributed by atoms with van der Waals surface area (Å²) in [4.78, 5) is 11.3. The standard InChI is InChI=1S/C13H14N2O4S2/c1-21(18,19)12-5-2-10(3-6-12)8-14-9-11-4-7-13(20-11)15(16)17/h2-7,14H,8-9H2,1H3. The number of thiophene rings is 1. The van der Waals surface area contributed by atoms with Gasteiger partial charge in [0, 0.05) is 30.3 Å². The van der Waals surface area contributed by atoms with Gasteiger partial charge in [0.25, 0.3) is 0 Å². The summed E-state index contributed by atoms with van der Waals surface area (Å²) in [5.41, 5.74) is 0.952. The molecule has 0 unspecified atom stereocenters. The van der Waals surface area contributed by atoms with Gasteiger partial charge in [-0.05, 0) is 23.8 Å². The fraction of sp³-hybridized carbons (Fsp3) is 0.231. The molecule has 6 nitrogen and oxygen atoms in total. The van der Waals surface area contributed by atoms with Gasteiger partial charge < -0.3 is 5.32 Å². The van der Waals surface area contributed by atoms with Crippen LogP contribution < -0.4 is 5.32 Å². The first kappa shape index (κ1) is 15.6. The minimum atomic E-state index is -3.17. The Hall–Kier alpha value is -1.77. The third-order valence-electron chi connectivity index (χ3n) is 2.81. The van der Waals surface area contributed by atoms with E-state index in [1.54, 1.807) is 30.3 Å². The van der Waals surface area contributed by atoms with Crippen LogP contribution in [0.2, 0.25) is 0 Å². The predicted octanol–water partition coefficient (Wildman–Crippen LogP) is 2.35. The number of nitrogens with one attached hydrogen (secondary N) is 1. The zero-order valence-corrected chi connectivity index (χ0v) is 12.9. The molecule has 0 radical (unpaired) electrons. The third kappa shape index (κ3) is 4.35. The number of hydrogen-bond acceptors (Lipinski definition) is 6. The van der Waals surface area contributed by atoms with Gasteiger partial charge in [-0.3, -0.25) is 10.1 Å². The van der Waals surface area contributed by atoms with E-state index in [2.05, 4.69) is 5.32 Å². The number of benzene rings is 1. The Morgan fingerprint density at radius 2 is 1.81 bits per heavy atom. The van der Waals surface area contributed by atoms with E-state index in [0.717, 1.165) is 21.8 Å². The van der Waals surface area contributed by atoms with Crippen LogP contribution >= 0.6 is 11.3 Å². The molecule has 1 aromatic heterocycles. The van der Waals surface area contributed by atoms with E-state index in [4.69, 9.17) is 0 Å². The fourth-order valence-corrected chi connectivity index (χ4v) is 3.16. The second-order valence-corrected chi connectivity index (χ2v) is 7.68. The zero-order valence-electron chi connectivity index (χ0n) is 11.3. The molecule has 0 saturated heterocycles. The third-order valence-corrected chi connectivity index (χ3v) is 4.97. The summed E-state index contributed by atoms with van der Waals surface area (Å²) < 4.78 is 22.7. The molecule has 21 heavy (non-hydrogen) atoms. The van der Waals surface area contributed by atoms with Gasteiger partial charge in [-0.1, -0.05) is 23.5 Å². The molecular formula is C13H14N2O4S2. The van der Waals surface area contributed by atoms with Crippen LogP contribution in [-0.2, 0) is 22.9 Å². The van der Waals surface area contributed by atoms with Crippen LogP contribution in [0, 0.1) is 10.1 Å². The summed E-state index contributed by atoms with van der Waals surface area (Å²) in [7, 11) is -3.17. The maximum atomic E-state index is 11.3. The van der Waals surface area contributed by atoms with Gasteiger partial charge in [-0.2, -0.15) is 0 Å². The Kier molecular flexibility index (Phi) is 4.71. The van der Waals surface area contributed by atoms with Gasteiger partial charge in [-0.15, -0.1) is 0 Å². The molecule has 0 spiro atoms. The highest BCUT2D eigenvalue weighted by atomic mass is 32.2. The monoisotopic (exact) mass is 326 g/mol. The van der Waals surface area contributed by atoms with Crippen molar-refractivity contribution >= 4 is 26.2 Å². The van der Waals surface area contributed by atoms with Crippen molar-refractivity contribution in [2.24, 2.45) is 0 Å². The number of hydrogen-bond donors (Lipinski definition) is 1. The largest absolute Gasteiger partial charge is 0.324 e. The van der Waals surface area contributed by atoms with E-state index < -0.39 is 14.8 Å². The maximum absolute atomic E-state index is 11.3. The van der Waals surface area contributed by atoms with Crippen molar-refractivity contribution in [1.29, 1.82) is 0 Å². The summed E-state index contributed by atoms with van der Waals surface area (Å²) in [6.45, 7) is 1.10. The summed E-state index contributed by atoms with van der Waals surface area (Å²) in [6.07, 6.45) is 1.17. The van der Waals surface area contributed by atoms with E-state index in [9.17, 15) is 18.5 Å². The van der Waals surface area contributed by atoms with Gasteiger partial charge in [0.2, 0.25) is 0 Å². The summed E-state index contributed by atoms with van der Waals surface area (Å²) >= 11 is 1.14. The van der Waals surface area contributed by atoms with Crippen LogP contribution in [0.15, 0.2) is 41.3 Å². The summed E-state index contributed by atoms with van der Waals surface area (Å²) in [6, 6.07) is 9.86. The molecule has 0 fully saturated rings. The van der Waals surface area contributed by atoms with E-state index in [1.807, 2.05) is 0 Å². The molecule has 0 bridgehead atoms. The SMILES string of the molecule is CS(=O)(=O)c1ccc(CNCc2ccc([N+](=O)[O-])s2)cc1. The van der Waals surface area contributed by atoms with Crippen LogP contribution in [0.1, 0.15) is 10.4 Å². The minimum Gasteiger partial charge on any atom is -0.308 e. The van der Waals surface area contributed by atoms with Crippen LogP contribution in [0.25, 0.3) is 0 Å². The molecule has 0 amide bonds. The van der Waals surface area contributed by atoms with E-state index in [0.29, 0.717) is 18.0 Å². The topological polar surface area (TPSA) is 89.3 Å². The van der Waals surface area contributed by atoms with Gasteiger partial charge in [0.05, 0.1) is 9.82 Å². The molecule has 1 heterocycles. The zero-order chi connectivity index (χ0) is 15.5. The quantitative estimate of drug-likeness (QED) is 0.650. The predicted molar refractivity (Wildman–Crippen MR) is 81.1 cm³/mol. The molecular weight excluding hydrogens is 312 g/mol. The van der Waals surface area contributed by atoms with Crippen molar-refractivity contribution in [1.82, 2.24) is 5.32 Å². The highest BCUT2D eigenvalue weighted by molar-refractivity contribution is 7.90. The van der Waals surface area contributed by atoms with Crippen molar-refractivity contribution < 1.29 is 13.3 Å². The lowest BCUT2D eigenvalue weighted by Gasteiger charge is -2.04. The van der Waals surface area contributed by atoms with Crippen molar-refractivity contribution in [3.8, 4) is 0 Å². The Balaban J connectivity index is 1.89. The molecule has 0 aliphatic rings. The molecule has 0 aliphatic heterocycles. The minimum absolute atomic E-state index is 0.129. The Bertz CT molecular complexity index is 736. The van der Waals surface area contributed by atoms with E-state index in [1.165, 1.54) is 12.3 Å². The molecule has 0 aliphatic carbocycles. The van der Waals surface area contributed by atoms with Crippen molar-refractivity contribution in [3.63, 3.8) is 0 Å². The highest BCUT2D eigenvalue weighted by Crippen LogP contribution is 2.23. The van der Waals surface area contributed by atoms with Gasteiger partial charge in [0.15, 0.2) is 9.84 Å². The number of sulfone groups is 1. The molecule has 1 aromatic carbocycles. The van der Waals surface area contributed by atoms with Crippen LogP contribution in [0.3, 0.4) is 0 Å². The van der Waals surface area contributed by atoms with Crippen LogP contribution in [0.5, 0.6) is 0 Å². The average Bonchev–Trinajstić information content (AvgIpc) is 2.87. The Morgan fingerprint density at radius 3 is 2.33 bits per heavy atom. The molecule has 112 valence electrons. The molecule has 2 aromatic rings. The Labute approximate surface area is 126 Å². The summed E-state index contributed by atoms with van der Waals surface area (Å²) in [5, 5.41) is 13.9. The van der Waals surface area contributed by atoms with E-state index in [-0.39, 0.29) is 5.00 Å². The number of rotatable bonds is 6. The molecule has 2 rings (SSSR count). The smallest absolute Gasteiger partial charge is 0.308 e. The molecule has 0 atom stereocenters. The first-order valence-corrected chi connectivity index (χ1v) is 8.80. The van der Waals surface area contributed by atoms with Crippen molar-refractivity contribution in [3.05, 3.63) is 57.0 Å². The maximum Gasteiger partial charge on any atom is 0.324 e. The molecule has 1 N–H and O–H groups in total. The lowest BCUT2D eigenvalue weighted by atomic mass is 10.2. The lowest BCUT2D eigenvalue weighted by Crippen LogP contribution is -2.11. The first-order valence-electron chi connectivity index (χ1n) is 6.09. The van der Waals surface area contributed by atoms with Gasteiger partial charge in [0.1, 0.15) is 0 Å². The van der Waals surface area contributed by atoms with E-state index >= 15 is 0 Å². The van der Waals surface area contributed by atoms with Crippen LogP contribution in [0.4, 0.5) is 5.00 Å².